The van der Waals surface area contributed by atoms with Crippen molar-refractivity contribution in [3.8, 4) is 11.4 Å². The van der Waals surface area contributed by atoms with Crippen LogP contribution in [0.15, 0.2) is 6.20 Å². The van der Waals surface area contributed by atoms with Crippen molar-refractivity contribution in [2.75, 3.05) is 5.32 Å². The molecule has 7 heteroatoms. The van der Waals surface area contributed by atoms with Gasteiger partial charge in [-0.2, -0.15) is 0 Å². The summed E-state index contributed by atoms with van der Waals surface area (Å²) in [4.78, 5) is 9.59. The highest BCUT2D eigenvalue weighted by molar-refractivity contribution is 5.64. The van der Waals surface area contributed by atoms with Crippen LogP contribution in [0.4, 0.5) is 5.95 Å². The monoisotopic (exact) mass is 367 g/mol. The van der Waals surface area contributed by atoms with E-state index in [1.54, 1.807) is 0 Å². The third-order valence-electron chi connectivity index (χ3n) is 6.29. The first-order valence-electron chi connectivity index (χ1n) is 10.5. The molecule has 0 aromatic carbocycles. The lowest BCUT2D eigenvalue weighted by Crippen LogP contribution is -2.33. The Hall–Kier alpha value is -2.02. The summed E-state index contributed by atoms with van der Waals surface area (Å²) in [7, 11) is 2.00. The largest absolute Gasteiger partial charge is 0.351 e. The lowest BCUT2D eigenvalue weighted by molar-refractivity contribution is 0.410. The van der Waals surface area contributed by atoms with E-state index in [-0.39, 0.29) is 0 Å². The number of aryl methyl sites for hydroxylation is 1. The van der Waals surface area contributed by atoms with Gasteiger partial charge in [0.1, 0.15) is 11.4 Å². The molecular weight excluding hydrogens is 338 g/mol. The van der Waals surface area contributed by atoms with Crippen LogP contribution in [0.3, 0.4) is 0 Å². The van der Waals surface area contributed by atoms with E-state index in [0.717, 1.165) is 55.4 Å². The van der Waals surface area contributed by atoms with Gasteiger partial charge in [-0.05, 0) is 69.6 Å². The Morgan fingerprint density at radius 1 is 1.07 bits per heavy atom. The lowest BCUT2D eigenvalue weighted by atomic mass is 9.92. The number of anilines is 1. The van der Waals surface area contributed by atoms with Crippen LogP contribution in [0.2, 0.25) is 0 Å². The van der Waals surface area contributed by atoms with Crippen LogP contribution in [0, 0.1) is 5.92 Å². The van der Waals surface area contributed by atoms with Crippen LogP contribution in [0.5, 0.6) is 0 Å². The third-order valence-corrected chi connectivity index (χ3v) is 6.29. The molecule has 5 rings (SSSR count). The van der Waals surface area contributed by atoms with Gasteiger partial charge in [0.15, 0.2) is 0 Å². The molecule has 0 unspecified atom stereocenters. The van der Waals surface area contributed by atoms with Crippen LogP contribution in [0.1, 0.15) is 68.5 Å². The molecule has 2 aromatic heterocycles. The molecule has 0 spiro atoms. The van der Waals surface area contributed by atoms with E-state index in [9.17, 15) is 0 Å². The first-order valence-corrected chi connectivity index (χ1v) is 10.5. The topological polar surface area (TPSA) is 94.5 Å². The zero-order chi connectivity index (χ0) is 18.4. The van der Waals surface area contributed by atoms with Gasteiger partial charge in [0.05, 0.1) is 5.69 Å². The molecular formula is C20H29N7. The van der Waals surface area contributed by atoms with E-state index in [1.807, 2.05) is 17.9 Å². The van der Waals surface area contributed by atoms with Crippen molar-refractivity contribution >= 4 is 5.95 Å². The van der Waals surface area contributed by atoms with Gasteiger partial charge in [-0.1, -0.05) is 5.21 Å². The fourth-order valence-corrected chi connectivity index (χ4v) is 4.17. The molecule has 3 N–H and O–H groups in total. The van der Waals surface area contributed by atoms with Gasteiger partial charge in [0, 0.05) is 30.9 Å². The second-order valence-corrected chi connectivity index (χ2v) is 8.68. The smallest absolute Gasteiger partial charge is 0.223 e. The van der Waals surface area contributed by atoms with Crippen LogP contribution in [0.25, 0.3) is 11.4 Å². The molecule has 144 valence electrons. The van der Waals surface area contributed by atoms with Gasteiger partial charge in [-0.25, -0.2) is 9.97 Å². The Morgan fingerprint density at radius 3 is 2.56 bits per heavy atom. The van der Waals surface area contributed by atoms with Crippen LogP contribution in [-0.2, 0) is 13.5 Å². The summed E-state index contributed by atoms with van der Waals surface area (Å²) in [6.45, 7) is 0. The average molecular weight is 368 g/mol. The Bertz CT molecular complexity index is 814. The summed E-state index contributed by atoms with van der Waals surface area (Å²) < 4.78 is 1.93. The van der Waals surface area contributed by atoms with Gasteiger partial charge in [0.2, 0.25) is 5.95 Å². The summed E-state index contributed by atoms with van der Waals surface area (Å²) in [6.07, 6.45) is 12.5. The van der Waals surface area contributed by atoms with Crippen molar-refractivity contribution in [2.45, 2.75) is 75.8 Å². The second-order valence-electron chi connectivity index (χ2n) is 8.68. The van der Waals surface area contributed by atoms with Crippen molar-refractivity contribution in [3.63, 3.8) is 0 Å². The number of nitrogens with two attached hydrogens (primary N) is 1. The molecule has 2 aromatic rings. The van der Waals surface area contributed by atoms with E-state index in [4.69, 9.17) is 10.7 Å². The maximum absolute atomic E-state index is 6.04. The fraction of sp³-hybridized carbons (Fsp3) is 0.700. The predicted molar refractivity (Wildman–Crippen MR) is 104 cm³/mol. The summed E-state index contributed by atoms with van der Waals surface area (Å²) in [5.74, 6) is 2.09. The van der Waals surface area contributed by atoms with Crippen molar-refractivity contribution in [3.05, 3.63) is 17.5 Å². The van der Waals surface area contributed by atoms with E-state index in [1.165, 1.54) is 36.9 Å². The fourth-order valence-electron chi connectivity index (χ4n) is 4.17. The number of nitrogens with zero attached hydrogens (tertiary/aromatic N) is 5. The normalized spacial score (nSPS) is 25.6. The van der Waals surface area contributed by atoms with Crippen molar-refractivity contribution in [2.24, 2.45) is 18.7 Å². The Kier molecular flexibility index (Phi) is 4.34. The molecule has 0 saturated heterocycles. The molecule has 3 fully saturated rings. The highest BCUT2D eigenvalue weighted by Gasteiger charge is 2.32. The number of nitrogens with one attached hydrogen (secondary N) is 1. The van der Waals surface area contributed by atoms with E-state index in [0.29, 0.717) is 18.0 Å². The molecule has 0 amide bonds. The van der Waals surface area contributed by atoms with E-state index < -0.39 is 0 Å². The number of hydrogen-bond donors (Lipinski definition) is 2. The first-order chi connectivity index (χ1) is 13.2. The third kappa shape index (κ3) is 3.70. The van der Waals surface area contributed by atoms with Crippen LogP contribution >= 0.6 is 0 Å². The molecule has 0 atom stereocenters. The standard InChI is InChI=1S/C20H29N7/c1-27-17(10-12-2-3-12)19(25-26-27)18-16(13-4-5-13)11-22-20(24-18)23-15-8-6-14(21)7-9-15/h11-15H,2-10,21H2,1H3,(H,22,23,24)/t14-,15-. The maximum Gasteiger partial charge on any atom is 0.223 e. The van der Waals surface area contributed by atoms with Crippen LogP contribution in [-0.4, -0.2) is 37.0 Å². The van der Waals surface area contributed by atoms with E-state index in [2.05, 4.69) is 20.6 Å². The van der Waals surface area contributed by atoms with Gasteiger partial charge >= 0.3 is 0 Å². The zero-order valence-electron chi connectivity index (χ0n) is 16.1. The molecule has 27 heavy (non-hydrogen) atoms. The minimum Gasteiger partial charge on any atom is -0.351 e. The molecule has 0 aliphatic heterocycles. The van der Waals surface area contributed by atoms with Crippen molar-refractivity contribution in [1.82, 2.24) is 25.0 Å². The number of rotatable bonds is 6. The Balaban J connectivity index is 1.45. The van der Waals surface area contributed by atoms with Gasteiger partial charge in [0.25, 0.3) is 0 Å². The Labute approximate surface area is 160 Å². The summed E-state index contributed by atoms with van der Waals surface area (Å²) in [5, 5.41) is 12.4. The number of aromatic nitrogens is 5. The minimum atomic E-state index is 0.348. The highest BCUT2D eigenvalue weighted by atomic mass is 15.4. The maximum atomic E-state index is 6.04. The quantitative estimate of drug-likeness (QED) is 0.815. The van der Waals surface area contributed by atoms with Gasteiger partial charge in [-0.3, -0.25) is 4.68 Å². The molecule has 2 heterocycles. The molecule has 7 nitrogen and oxygen atoms in total. The number of hydrogen-bond acceptors (Lipinski definition) is 6. The molecule has 3 aliphatic carbocycles. The Morgan fingerprint density at radius 2 is 1.85 bits per heavy atom. The second kappa shape index (κ2) is 6.86. The molecule has 3 aliphatic rings. The van der Waals surface area contributed by atoms with Crippen molar-refractivity contribution < 1.29 is 0 Å². The summed E-state index contributed by atoms with van der Waals surface area (Å²) in [5.41, 5.74) is 10.4. The zero-order valence-corrected chi connectivity index (χ0v) is 16.1. The summed E-state index contributed by atoms with van der Waals surface area (Å²) in [6, 6.07) is 0.763. The summed E-state index contributed by atoms with van der Waals surface area (Å²) >= 11 is 0. The highest BCUT2D eigenvalue weighted by Crippen LogP contribution is 2.44. The SMILES string of the molecule is Cn1nnc(-c2nc(N[C@H]3CC[C@H](N)CC3)ncc2C2CC2)c1CC1CC1. The van der Waals surface area contributed by atoms with Crippen LogP contribution < -0.4 is 11.1 Å². The molecule has 0 radical (unpaired) electrons. The van der Waals surface area contributed by atoms with Gasteiger partial charge in [-0.15, -0.1) is 5.10 Å². The van der Waals surface area contributed by atoms with E-state index >= 15 is 0 Å². The van der Waals surface area contributed by atoms with Crippen molar-refractivity contribution in [1.29, 1.82) is 0 Å². The van der Waals surface area contributed by atoms with Gasteiger partial charge < -0.3 is 11.1 Å². The minimum absolute atomic E-state index is 0.348. The molecule has 3 saturated carbocycles. The predicted octanol–water partition coefficient (Wildman–Crippen LogP) is 2.78. The first kappa shape index (κ1) is 17.1. The molecule has 0 bridgehead atoms. The average Bonchev–Trinajstić information content (AvgIpc) is 3.58. The lowest BCUT2D eigenvalue weighted by Gasteiger charge is -2.27.